The van der Waals surface area contributed by atoms with Gasteiger partial charge in [-0.05, 0) is 122 Å². The quantitative estimate of drug-likeness (QED) is 0.171. The highest BCUT2D eigenvalue weighted by Gasteiger charge is 2.20. The third-order valence-corrected chi connectivity index (χ3v) is 11.0. The molecule has 0 amide bonds. The standard InChI is InChI=1S/C52H38O2/c1-34(25-28-41-30-40-29-38-31-47-42-19-13-14-24-48(42)54-50(47)33-39(38)32-49(40)53-41)51-43-20-9-11-22-45(43)52(46-23-12-10-21-44(46)51)37-18-6-3-2-5-17-36(26-27-37)35-15-7-4-8-16-35/h2-16,19-29,31-33H,17-18,30H2,1H3/b5-2-,6-3-,34-25+,36-26+,37-27+,41-28+. The first-order chi connectivity index (χ1) is 26.7. The summed E-state index contributed by atoms with van der Waals surface area (Å²) in [5.41, 5.74) is 10.7. The summed E-state index contributed by atoms with van der Waals surface area (Å²) in [4.78, 5) is 0. The second-order valence-electron chi connectivity index (χ2n) is 14.4. The first-order valence-corrected chi connectivity index (χ1v) is 18.8. The van der Waals surface area contributed by atoms with Crippen LogP contribution in [0.25, 0.3) is 71.0 Å². The Morgan fingerprint density at radius 2 is 1.20 bits per heavy atom. The van der Waals surface area contributed by atoms with Crippen LogP contribution in [0.15, 0.2) is 186 Å². The molecule has 0 fully saturated rings. The summed E-state index contributed by atoms with van der Waals surface area (Å²) in [6.07, 6.45) is 20.4. The molecule has 0 spiro atoms. The molecule has 0 saturated carbocycles. The van der Waals surface area contributed by atoms with Gasteiger partial charge in [-0.25, -0.2) is 0 Å². The largest absolute Gasteiger partial charge is 0.461 e. The minimum Gasteiger partial charge on any atom is -0.461 e. The summed E-state index contributed by atoms with van der Waals surface area (Å²) >= 11 is 0. The van der Waals surface area contributed by atoms with Gasteiger partial charge in [0.2, 0.25) is 0 Å². The fourth-order valence-corrected chi connectivity index (χ4v) is 8.37. The Balaban J connectivity index is 1.04. The average Bonchev–Trinajstić information content (AvgIpc) is 3.79. The molecule has 0 N–H and O–H groups in total. The summed E-state index contributed by atoms with van der Waals surface area (Å²) < 4.78 is 12.7. The van der Waals surface area contributed by atoms with Crippen LogP contribution in [0.5, 0.6) is 5.75 Å². The third kappa shape index (κ3) is 5.68. The van der Waals surface area contributed by atoms with Gasteiger partial charge in [-0.2, -0.15) is 0 Å². The molecule has 8 aromatic rings. The molecule has 2 nitrogen and oxygen atoms in total. The van der Waals surface area contributed by atoms with Crippen molar-refractivity contribution < 1.29 is 9.15 Å². The lowest BCUT2D eigenvalue weighted by molar-refractivity contribution is 0.447. The maximum Gasteiger partial charge on any atom is 0.136 e. The lowest BCUT2D eigenvalue weighted by Gasteiger charge is -2.19. The van der Waals surface area contributed by atoms with Crippen molar-refractivity contribution in [2.75, 3.05) is 0 Å². The molecule has 2 aliphatic rings. The van der Waals surface area contributed by atoms with E-state index in [2.05, 4.69) is 171 Å². The predicted octanol–water partition coefficient (Wildman–Crippen LogP) is 14.3. The molecule has 7 aromatic carbocycles. The number of para-hydroxylation sites is 1. The predicted molar refractivity (Wildman–Crippen MR) is 229 cm³/mol. The Kier molecular flexibility index (Phi) is 7.95. The van der Waals surface area contributed by atoms with Crippen LogP contribution in [0.4, 0.5) is 0 Å². The molecule has 1 aliphatic heterocycles. The van der Waals surface area contributed by atoms with Gasteiger partial charge in [0, 0.05) is 22.8 Å². The SMILES string of the molecule is C/C(=C\C=C1/Cc2cc3cc4c(cc3cc2O1)oc1ccccc14)c1c2ccccc2c(/C2=C/C=C(/c3ccccc3)C/C=C\C=C/C2)c2ccccc12. The van der Waals surface area contributed by atoms with Crippen molar-refractivity contribution in [2.45, 2.75) is 26.2 Å². The van der Waals surface area contributed by atoms with Crippen LogP contribution in [0, 0.1) is 0 Å². The Bertz CT molecular complexity index is 2920. The molecule has 54 heavy (non-hydrogen) atoms. The van der Waals surface area contributed by atoms with Gasteiger partial charge in [-0.3, -0.25) is 0 Å². The average molecular weight is 695 g/mol. The number of rotatable bonds is 4. The van der Waals surface area contributed by atoms with Crippen molar-refractivity contribution >= 4 is 71.0 Å². The van der Waals surface area contributed by atoms with Gasteiger partial charge in [-0.1, -0.05) is 140 Å². The number of hydrogen-bond donors (Lipinski definition) is 0. The lowest BCUT2D eigenvalue weighted by atomic mass is 9.84. The van der Waals surface area contributed by atoms with E-state index >= 15 is 0 Å². The topological polar surface area (TPSA) is 22.4 Å². The molecule has 10 rings (SSSR count). The fourth-order valence-electron chi connectivity index (χ4n) is 8.37. The van der Waals surface area contributed by atoms with Crippen molar-refractivity contribution in [2.24, 2.45) is 0 Å². The fraction of sp³-hybridized carbons (Fsp3) is 0.0769. The van der Waals surface area contributed by atoms with Crippen LogP contribution >= 0.6 is 0 Å². The molecule has 0 radical (unpaired) electrons. The minimum absolute atomic E-state index is 0.759. The van der Waals surface area contributed by atoms with Gasteiger partial charge in [0.05, 0.1) is 0 Å². The zero-order valence-corrected chi connectivity index (χ0v) is 30.2. The smallest absolute Gasteiger partial charge is 0.136 e. The normalized spacial score (nSPS) is 18.8. The maximum absolute atomic E-state index is 6.49. The number of allylic oxidation sites excluding steroid dienone is 12. The highest BCUT2D eigenvalue weighted by molar-refractivity contribution is 6.16. The summed E-state index contributed by atoms with van der Waals surface area (Å²) in [6.45, 7) is 2.23. The molecule has 1 aliphatic carbocycles. The number of fused-ring (bicyclic) bond motifs is 7. The molecule has 2 heterocycles. The molecular weight excluding hydrogens is 657 g/mol. The zero-order chi connectivity index (χ0) is 36.0. The van der Waals surface area contributed by atoms with Gasteiger partial charge in [0.15, 0.2) is 0 Å². The summed E-state index contributed by atoms with van der Waals surface area (Å²) in [6, 6.07) is 45.6. The van der Waals surface area contributed by atoms with Crippen LogP contribution < -0.4 is 4.74 Å². The highest BCUT2D eigenvalue weighted by atomic mass is 16.5. The molecule has 258 valence electrons. The third-order valence-electron chi connectivity index (χ3n) is 11.0. The van der Waals surface area contributed by atoms with Crippen molar-refractivity contribution in [3.05, 3.63) is 204 Å². The second-order valence-corrected chi connectivity index (χ2v) is 14.4. The Morgan fingerprint density at radius 1 is 0.574 bits per heavy atom. The van der Waals surface area contributed by atoms with E-state index in [0.717, 1.165) is 58.1 Å². The van der Waals surface area contributed by atoms with Crippen molar-refractivity contribution in [1.82, 2.24) is 0 Å². The lowest BCUT2D eigenvalue weighted by Crippen LogP contribution is -1.95. The Labute approximate surface area is 315 Å². The molecule has 0 saturated heterocycles. The van der Waals surface area contributed by atoms with E-state index in [0.29, 0.717) is 0 Å². The Hall–Kier alpha value is -6.64. The van der Waals surface area contributed by atoms with Gasteiger partial charge < -0.3 is 9.15 Å². The van der Waals surface area contributed by atoms with Crippen molar-refractivity contribution in [3.8, 4) is 5.75 Å². The molecule has 0 unspecified atom stereocenters. The van der Waals surface area contributed by atoms with E-state index in [1.807, 2.05) is 12.1 Å². The van der Waals surface area contributed by atoms with Gasteiger partial charge in [0.1, 0.15) is 22.7 Å². The van der Waals surface area contributed by atoms with E-state index in [4.69, 9.17) is 9.15 Å². The van der Waals surface area contributed by atoms with Crippen LogP contribution in [0.1, 0.15) is 42.0 Å². The first-order valence-electron chi connectivity index (χ1n) is 18.8. The molecule has 2 heteroatoms. The minimum atomic E-state index is 0.759. The van der Waals surface area contributed by atoms with Gasteiger partial charge in [-0.15, -0.1) is 0 Å². The van der Waals surface area contributed by atoms with Crippen LogP contribution in [-0.2, 0) is 6.42 Å². The zero-order valence-electron chi connectivity index (χ0n) is 30.2. The van der Waals surface area contributed by atoms with E-state index in [1.54, 1.807) is 0 Å². The number of ether oxygens (including phenoxy) is 1. The number of benzene rings is 7. The van der Waals surface area contributed by atoms with Crippen LogP contribution in [0.3, 0.4) is 0 Å². The molecule has 1 aromatic heterocycles. The van der Waals surface area contributed by atoms with E-state index < -0.39 is 0 Å². The van der Waals surface area contributed by atoms with Gasteiger partial charge >= 0.3 is 0 Å². The number of hydrogen-bond acceptors (Lipinski definition) is 2. The molecule has 0 bridgehead atoms. The summed E-state index contributed by atoms with van der Waals surface area (Å²) in [5, 5.41) is 9.66. The van der Waals surface area contributed by atoms with Crippen LogP contribution in [0.2, 0.25) is 0 Å². The van der Waals surface area contributed by atoms with Gasteiger partial charge in [0.25, 0.3) is 0 Å². The maximum atomic E-state index is 6.49. The van der Waals surface area contributed by atoms with E-state index in [-0.39, 0.29) is 0 Å². The monoisotopic (exact) mass is 694 g/mol. The summed E-state index contributed by atoms with van der Waals surface area (Å²) in [7, 11) is 0. The van der Waals surface area contributed by atoms with E-state index in [9.17, 15) is 0 Å². The molecule has 0 atom stereocenters. The number of furan rings is 1. The molecular formula is C52H38O2. The van der Waals surface area contributed by atoms with Crippen LogP contribution in [-0.4, -0.2) is 0 Å². The second kappa shape index (κ2) is 13.4. The van der Waals surface area contributed by atoms with Crippen molar-refractivity contribution in [3.63, 3.8) is 0 Å². The van der Waals surface area contributed by atoms with Crippen molar-refractivity contribution in [1.29, 1.82) is 0 Å². The van der Waals surface area contributed by atoms with E-state index in [1.165, 1.54) is 65.9 Å². The Morgan fingerprint density at radius 3 is 1.96 bits per heavy atom. The first kappa shape index (κ1) is 32.0. The highest BCUT2D eigenvalue weighted by Crippen LogP contribution is 2.42. The summed E-state index contributed by atoms with van der Waals surface area (Å²) in [5.74, 6) is 1.87.